The van der Waals surface area contributed by atoms with Gasteiger partial charge in [-0.25, -0.2) is 0 Å². The Labute approximate surface area is 88.8 Å². The molecular formula is C9H17N5O. The maximum Gasteiger partial charge on any atom is 0.241 e. The van der Waals surface area contributed by atoms with E-state index in [1.54, 1.807) is 24.1 Å². The molecule has 4 N–H and O–H groups in total. The number of carbonyl (C=O) groups excluding carboxylic acids is 1. The molecule has 84 valence electrons. The van der Waals surface area contributed by atoms with Gasteiger partial charge in [0.15, 0.2) is 0 Å². The molecule has 1 aromatic heterocycles. The zero-order valence-corrected chi connectivity index (χ0v) is 8.86. The fourth-order valence-electron chi connectivity index (χ4n) is 1.10. The van der Waals surface area contributed by atoms with Crippen molar-refractivity contribution >= 4 is 11.6 Å². The Morgan fingerprint density at radius 1 is 1.67 bits per heavy atom. The van der Waals surface area contributed by atoms with Crippen LogP contribution in [0.5, 0.6) is 0 Å². The highest BCUT2D eigenvalue weighted by molar-refractivity contribution is 5.75. The Kier molecular flexibility index (Phi) is 4.62. The minimum absolute atomic E-state index is 0.0633. The van der Waals surface area contributed by atoms with E-state index in [-0.39, 0.29) is 12.5 Å². The third-order valence-electron chi connectivity index (χ3n) is 1.93. The molecule has 0 aliphatic heterocycles. The summed E-state index contributed by atoms with van der Waals surface area (Å²) < 4.78 is 1.59. The second-order valence-electron chi connectivity index (χ2n) is 3.17. The summed E-state index contributed by atoms with van der Waals surface area (Å²) in [6.07, 6.45) is 4.41. The summed E-state index contributed by atoms with van der Waals surface area (Å²) in [7, 11) is 1.60. The number of anilines is 1. The zero-order chi connectivity index (χ0) is 11.1. The van der Waals surface area contributed by atoms with E-state index in [1.165, 1.54) is 0 Å². The number of hydrogen-bond donors (Lipinski definition) is 3. The maximum atomic E-state index is 11.0. The molecule has 0 atom stereocenters. The average molecular weight is 211 g/mol. The number of aromatic nitrogens is 2. The summed E-state index contributed by atoms with van der Waals surface area (Å²) in [6, 6.07) is 0. The highest BCUT2D eigenvalue weighted by atomic mass is 16.1. The molecule has 0 aromatic carbocycles. The molecule has 1 aromatic rings. The van der Waals surface area contributed by atoms with Crippen molar-refractivity contribution in [3.05, 3.63) is 12.4 Å². The van der Waals surface area contributed by atoms with Gasteiger partial charge < -0.3 is 16.4 Å². The van der Waals surface area contributed by atoms with Gasteiger partial charge in [-0.3, -0.25) is 9.48 Å². The van der Waals surface area contributed by atoms with E-state index in [0.29, 0.717) is 6.54 Å². The number of rotatable bonds is 6. The Morgan fingerprint density at radius 2 is 2.47 bits per heavy atom. The first-order valence-corrected chi connectivity index (χ1v) is 4.93. The van der Waals surface area contributed by atoms with E-state index in [2.05, 4.69) is 15.7 Å². The number of amides is 1. The van der Waals surface area contributed by atoms with Crippen LogP contribution in [0.1, 0.15) is 6.42 Å². The summed E-state index contributed by atoms with van der Waals surface area (Å²) in [6.45, 7) is 1.73. The standard InChI is InChI=1S/C9H17N5O/c1-11-9(15)7-14-6-8(5-13-14)12-4-2-3-10/h5-6,12H,2-4,7,10H2,1H3,(H,11,15). The molecule has 0 aliphatic rings. The average Bonchev–Trinajstić information content (AvgIpc) is 2.66. The van der Waals surface area contributed by atoms with Crippen LogP contribution in [0.4, 0.5) is 5.69 Å². The van der Waals surface area contributed by atoms with Crippen molar-refractivity contribution < 1.29 is 4.79 Å². The minimum atomic E-state index is -0.0633. The van der Waals surface area contributed by atoms with Crippen LogP contribution in [-0.2, 0) is 11.3 Å². The molecule has 0 bridgehead atoms. The van der Waals surface area contributed by atoms with Gasteiger partial charge in [0.2, 0.25) is 5.91 Å². The normalized spacial score (nSPS) is 10.0. The quantitative estimate of drug-likeness (QED) is 0.548. The lowest BCUT2D eigenvalue weighted by atomic mass is 10.4. The van der Waals surface area contributed by atoms with Crippen LogP contribution < -0.4 is 16.4 Å². The van der Waals surface area contributed by atoms with E-state index in [1.807, 2.05) is 0 Å². The SMILES string of the molecule is CNC(=O)Cn1cc(NCCCN)cn1. The molecular weight excluding hydrogens is 194 g/mol. The van der Waals surface area contributed by atoms with Crippen molar-refractivity contribution in [3.8, 4) is 0 Å². The number of carbonyl (C=O) groups is 1. The van der Waals surface area contributed by atoms with Gasteiger partial charge in [0.05, 0.1) is 11.9 Å². The lowest BCUT2D eigenvalue weighted by Gasteiger charge is -2.01. The topological polar surface area (TPSA) is 85.0 Å². The van der Waals surface area contributed by atoms with Gasteiger partial charge in [0, 0.05) is 19.8 Å². The van der Waals surface area contributed by atoms with Gasteiger partial charge in [0.25, 0.3) is 0 Å². The van der Waals surface area contributed by atoms with Crippen molar-refractivity contribution in [2.75, 3.05) is 25.5 Å². The smallest absolute Gasteiger partial charge is 0.241 e. The van der Waals surface area contributed by atoms with Crippen molar-refractivity contribution in [2.24, 2.45) is 5.73 Å². The van der Waals surface area contributed by atoms with Crippen LogP contribution >= 0.6 is 0 Å². The fraction of sp³-hybridized carbons (Fsp3) is 0.556. The number of nitrogens with one attached hydrogen (secondary N) is 2. The second-order valence-corrected chi connectivity index (χ2v) is 3.17. The second kappa shape index (κ2) is 6.02. The molecule has 0 unspecified atom stereocenters. The van der Waals surface area contributed by atoms with E-state index in [4.69, 9.17) is 5.73 Å². The predicted octanol–water partition coefficient (Wildman–Crippen LogP) is -0.610. The molecule has 15 heavy (non-hydrogen) atoms. The number of nitrogens with two attached hydrogens (primary N) is 1. The third-order valence-corrected chi connectivity index (χ3v) is 1.93. The molecule has 6 heteroatoms. The molecule has 0 aliphatic carbocycles. The monoisotopic (exact) mass is 211 g/mol. The van der Waals surface area contributed by atoms with Crippen LogP contribution in [0.2, 0.25) is 0 Å². The molecule has 0 radical (unpaired) electrons. The first kappa shape index (κ1) is 11.5. The molecule has 0 saturated carbocycles. The number of likely N-dealkylation sites (N-methyl/N-ethyl adjacent to an activating group) is 1. The summed E-state index contributed by atoms with van der Waals surface area (Å²) in [4.78, 5) is 11.0. The van der Waals surface area contributed by atoms with Crippen molar-refractivity contribution in [1.82, 2.24) is 15.1 Å². The van der Waals surface area contributed by atoms with E-state index in [9.17, 15) is 4.79 Å². The van der Waals surface area contributed by atoms with Gasteiger partial charge in [-0.2, -0.15) is 5.10 Å². The largest absolute Gasteiger partial charge is 0.382 e. The Balaban J connectivity index is 2.38. The van der Waals surface area contributed by atoms with Crippen LogP contribution in [0.3, 0.4) is 0 Å². The van der Waals surface area contributed by atoms with E-state index >= 15 is 0 Å². The maximum absolute atomic E-state index is 11.0. The summed E-state index contributed by atoms with van der Waals surface area (Å²) >= 11 is 0. The van der Waals surface area contributed by atoms with Gasteiger partial charge >= 0.3 is 0 Å². The van der Waals surface area contributed by atoms with E-state index in [0.717, 1.165) is 18.7 Å². The van der Waals surface area contributed by atoms with E-state index < -0.39 is 0 Å². The first-order chi connectivity index (χ1) is 7.26. The molecule has 6 nitrogen and oxygen atoms in total. The Morgan fingerprint density at radius 3 is 3.13 bits per heavy atom. The first-order valence-electron chi connectivity index (χ1n) is 4.93. The summed E-state index contributed by atoms with van der Waals surface area (Å²) in [5, 5.41) is 9.75. The van der Waals surface area contributed by atoms with Crippen LogP contribution in [0, 0.1) is 0 Å². The Bertz CT molecular complexity index is 309. The van der Waals surface area contributed by atoms with Crippen molar-refractivity contribution in [1.29, 1.82) is 0 Å². The summed E-state index contributed by atoms with van der Waals surface area (Å²) in [5.74, 6) is -0.0633. The van der Waals surface area contributed by atoms with Gasteiger partial charge in [-0.15, -0.1) is 0 Å². The highest BCUT2D eigenvalue weighted by Crippen LogP contribution is 2.03. The lowest BCUT2D eigenvalue weighted by Crippen LogP contribution is -2.23. The molecule has 1 amide bonds. The van der Waals surface area contributed by atoms with Gasteiger partial charge in [0.1, 0.15) is 6.54 Å². The van der Waals surface area contributed by atoms with Crippen LogP contribution in [0.25, 0.3) is 0 Å². The van der Waals surface area contributed by atoms with Crippen molar-refractivity contribution in [3.63, 3.8) is 0 Å². The molecule has 1 rings (SSSR count). The van der Waals surface area contributed by atoms with Gasteiger partial charge in [-0.1, -0.05) is 0 Å². The van der Waals surface area contributed by atoms with Gasteiger partial charge in [-0.05, 0) is 13.0 Å². The number of hydrogen-bond acceptors (Lipinski definition) is 4. The third kappa shape index (κ3) is 3.99. The zero-order valence-electron chi connectivity index (χ0n) is 8.86. The fourth-order valence-corrected chi connectivity index (χ4v) is 1.10. The van der Waals surface area contributed by atoms with Crippen LogP contribution in [0.15, 0.2) is 12.4 Å². The summed E-state index contributed by atoms with van der Waals surface area (Å²) in [5.41, 5.74) is 6.28. The molecule has 1 heterocycles. The van der Waals surface area contributed by atoms with Crippen LogP contribution in [-0.4, -0.2) is 35.8 Å². The predicted molar refractivity (Wildman–Crippen MR) is 58.5 cm³/mol. The molecule has 0 spiro atoms. The number of nitrogens with zero attached hydrogens (tertiary/aromatic N) is 2. The molecule has 0 fully saturated rings. The lowest BCUT2D eigenvalue weighted by molar-refractivity contribution is -0.121. The Hall–Kier alpha value is -1.56. The molecule has 0 saturated heterocycles. The van der Waals surface area contributed by atoms with Crippen molar-refractivity contribution in [2.45, 2.75) is 13.0 Å². The minimum Gasteiger partial charge on any atom is -0.382 e. The highest BCUT2D eigenvalue weighted by Gasteiger charge is 2.01.